The third-order valence-corrected chi connectivity index (χ3v) is 5.08. The van der Waals surface area contributed by atoms with Gasteiger partial charge >= 0.3 is 5.97 Å². The lowest BCUT2D eigenvalue weighted by atomic mass is 10.1. The molecule has 148 valence electrons. The Labute approximate surface area is 167 Å². The number of carboxylic acid groups (broad SMARTS) is 1. The number of nitrogens with zero attached hydrogens (tertiary/aromatic N) is 1. The summed E-state index contributed by atoms with van der Waals surface area (Å²) in [5.41, 5.74) is 1.78. The van der Waals surface area contributed by atoms with Crippen LogP contribution in [0.5, 0.6) is 5.75 Å². The molecule has 0 aliphatic heterocycles. The summed E-state index contributed by atoms with van der Waals surface area (Å²) in [6.45, 7) is 4.54. The Morgan fingerprint density at radius 2 is 2.07 bits per heavy atom. The lowest BCUT2D eigenvalue weighted by molar-refractivity contribution is -0.149. The van der Waals surface area contributed by atoms with Gasteiger partial charge in [-0.25, -0.2) is 9.78 Å². The van der Waals surface area contributed by atoms with E-state index in [4.69, 9.17) is 19.0 Å². The van der Waals surface area contributed by atoms with E-state index in [9.17, 15) is 4.79 Å². The Bertz CT molecular complexity index is 886. The lowest BCUT2D eigenvalue weighted by Gasteiger charge is -2.12. The van der Waals surface area contributed by atoms with Crippen LogP contribution in [0.2, 0.25) is 0 Å². The van der Waals surface area contributed by atoms with E-state index in [1.54, 1.807) is 18.3 Å². The summed E-state index contributed by atoms with van der Waals surface area (Å²) in [6.07, 6.45) is 0.144. The quantitative estimate of drug-likeness (QED) is 0.543. The fourth-order valence-corrected chi connectivity index (χ4v) is 3.43. The van der Waals surface area contributed by atoms with Crippen LogP contribution in [-0.4, -0.2) is 35.4 Å². The van der Waals surface area contributed by atoms with Gasteiger partial charge in [-0.3, -0.25) is 0 Å². The van der Waals surface area contributed by atoms with Gasteiger partial charge in [0.2, 0.25) is 5.89 Å². The molecule has 0 radical (unpaired) electrons. The normalized spacial score (nSPS) is 12.1. The first-order chi connectivity index (χ1) is 13.6. The van der Waals surface area contributed by atoms with Gasteiger partial charge in [0.05, 0.1) is 17.2 Å². The Balaban J connectivity index is 1.52. The molecule has 1 atom stereocenters. The first-order valence-corrected chi connectivity index (χ1v) is 10.0. The third-order valence-electron chi connectivity index (χ3n) is 4.22. The molecule has 3 aromatic rings. The molecule has 3 rings (SSSR count). The maximum absolute atomic E-state index is 11.2. The van der Waals surface area contributed by atoms with Crippen molar-refractivity contribution in [3.8, 4) is 16.5 Å². The minimum atomic E-state index is -0.952. The van der Waals surface area contributed by atoms with Crippen molar-refractivity contribution in [2.24, 2.45) is 0 Å². The Morgan fingerprint density at radius 3 is 2.71 bits per heavy atom. The van der Waals surface area contributed by atoms with Gasteiger partial charge in [-0.2, -0.15) is 0 Å². The number of ether oxygens (including phenoxy) is 2. The summed E-state index contributed by atoms with van der Waals surface area (Å²) in [4.78, 5) is 16.7. The molecule has 0 fully saturated rings. The summed E-state index contributed by atoms with van der Waals surface area (Å²) >= 11 is 1.60. The van der Waals surface area contributed by atoms with Gasteiger partial charge in [-0.1, -0.05) is 18.2 Å². The average molecular weight is 401 g/mol. The molecule has 7 heteroatoms. The van der Waals surface area contributed by atoms with Crippen molar-refractivity contribution in [2.75, 3.05) is 13.2 Å². The number of aromatic nitrogens is 1. The van der Waals surface area contributed by atoms with E-state index < -0.39 is 12.1 Å². The molecule has 0 saturated carbocycles. The summed E-state index contributed by atoms with van der Waals surface area (Å²) in [6, 6.07) is 11.4. The van der Waals surface area contributed by atoms with Crippen LogP contribution in [0.3, 0.4) is 0 Å². The Morgan fingerprint density at radius 1 is 1.29 bits per heavy atom. The largest absolute Gasteiger partial charge is 0.493 e. The number of aliphatic carboxylic acids is 1. The predicted octanol–water partition coefficient (Wildman–Crippen LogP) is 4.37. The fraction of sp³-hybridized carbons (Fsp3) is 0.333. The zero-order chi connectivity index (χ0) is 19.9. The standard InChI is InChI=1S/C21H23NO5S/c1-3-25-18(21(23)24)13-15-6-8-16(9-7-15)26-11-10-17-14(2)27-20(22-17)19-5-4-12-28-19/h4-9,12,18H,3,10-11,13H2,1-2H3,(H,23,24)/t18-/m0/s1. The van der Waals surface area contributed by atoms with E-state index in [0.717, 1.165) is 27.6 Å². The predicted molar refractivity (Wildman–Crippen MR) is 107 cm³/mol. The van der Waals surface area contributed by atoms with E-state index in [-0.39, 0.29) is 0 Å². The minimum absolute atomic E-state index is 0.326. The van der Waals surface area contributed by atoms with E-state index in [1.165, 1.54) is 0 Å². The molecule has 6 nitrogen and oxygen atoms in total. The van der Waals surface area contributed by atoms with Crippen molar-refractivity contribution in [3.05, 3.63) is 58.8 Å². The Hall–Kier alpha value is -2.64. The van der Waals surface area contributed by atoms with Crippen molar-refractivity contribution >= 4 is 17.3 Å². The van der Waals surface area contributed by atoms with Gasteiger partial charge in [0.25, 0.3) is 0 Å². The van der Waals surface area contributed by atoms with Crippen LogP contribution < -0.4 is 4.74 Å². The molecule has 0 unspecified atom stereocenters. The second-order valence-electron chi connectivity index (χ2n) is 6.23. The number of thiophene rings is 1. The molecule has 2 aromatic heterocycles. The maximum atomic E-state index is 11.2. The fourth-order valence-electron chi connectivity index (χ4n) is 2.79. The van der Waals surface area contributed by atoms with Gasteiger partial charge in [0, 0.05) is 19.4 Å². The maximum Gasteiger partial charge on any atom is 0.333 e. The average Bonchev–Trinajstić information content (AvgIpc) is 3.33. The number of carbonyl (C=O) groups is 1. The summed E-state index contributed by atoms with van der Waals surface area (Å²) in [5.74, 6) is 1.23. The van der Waals surface area contributed by atoms with E-state index >= 15 is 0 Å². The molecular formula is C21H23NO5S. The summed E-state index contributed by atoms with van der Waals surface area (Å²) < 4.78 is 16.8. The van der Waals surface area contributed by atoms with Crippen LogP contribution in [0, 0.1) is 6.92 Å². The third kappa shape index (κ3) is 5.21. The van der Waals surface area contributed by atoms with Crippen molar-refractivity contribution < 1.29 is 23.8 Å². The summed E-state index contributed by atoms with van der Waals surface area (Å²) in [7, 11) is 0. The van der Waals surface area contributed by atoms with Crippen LogP contribution in [0.15, 0.2) is 46.2 Å². The highest BCUT2D eigenvalue weighted by molar-refractivity contribution is 7.13. The second-order valence-corrected chi connectivity index (χ2v) is 7.18. The monoisotopic (exact) mass is 401 g/mol. The second kappa shape index (κ2) is 9.52. The highest BCUT2D eigenvalue weighted by Crippen LogP contribution is 2.26. The zero-order valence-electron chi connectivity index (χ0n) is 15.9. The van der Waals surface area contributed by atoms with Crippen molar-refractivity contribution in [3.63, 3.8) is 0 Å². The Kier molecular flexibility index (Phi) is 6.84. The molecule has 0 spiro atoms. The molecule has 0 bridgehead atoms. The van der Waals surface area contributed by atoms with Crippen molar-refractivity contribution in [1.29, 1.82) is 0 Å². The number of aryl methyl sites for hydroxylation is 1. The van der Waals surface area contributed by atoms with E-state index in [1.807, 2.05) is 48.7 Å². The molecule has 1 N–H and O–H groups in total. The van der Waals surface area contributed by atoms with Crippen LogP contribution in [0.25, 0.3) is 10.8 Å². The molecular weight excluding hydrogens is 378 g/mol. The molecule has 0 aliphatic carbocycles. The molecule has 1 aromatic carbocycles. The highest BCUT2D eigenvalue weighted by Gasteiger charge is 2.18. The van der Waals surface area contributed by atoms with Crippen LogP contribution in [0.4, 0.5) is 0 Å². The van der Waals surface area contributed by atoms with Gasteiger partial charge in [-0.15, -0.1) is 11.3 Å². The molecule has 2 heterocycles. The number of hydrogen-bond donors (Lipinski definition) is 1. The highest BCUT2D eigenvalue weighted by atomic mass is 32.1. The number of benzene rings is 1. The number of rotatable bonds is 10. The first-order valence-electron chi connectivity index (χ1n) is 9.13. The molecule has 0 amide bonds. The molecule has 0 aliphatic rings. The first kappa shape index (κ1) is 20.1. The van der Waals surface area contributed by atoms with Gasteiger partial charge < -0.3 is 19.0 Å². The minimum Gasteiger partial charge on any atom is -0.493 e. The number of oxazole rings is 1. The van der Waals surface area contributed by atoms with Gasteiger partial charge in [0.15, 0.2) is 6.10 Å². The van der Waals surface area contributed by atoms with Crippen molar-refractivity contribution in [1.82, 2.24) is 4.98 Å². The van der Waals surface area contributed by atoms with E-state index in [2.05, 4.69) is 4.98 Å². The zero-order valence-corrected chi connectivity index (χ0v) is 16.7. The smallest absolute Gasteiger partial charge is 0.333 e. The van der Waals surface area contributed by atoms with Crippen molar-refractivity contribution in [2.45, 2.75) is 32.8 Å². The SMILES string of the molecule is CCO[C@@H](Cc1ccc(OCCc2nc(-c3cccs3)oc2C)cc1)C(=O)O. The molecule has 28 heavy (non-hydrogen) atoms. The van der Waals surface area contributed by atoms with Crippen LogP contribution >= 0.6 is 11.3 Å². The van der Waals surface area contributed by atoms with E-state index in [0.29, 0.717) is 31.9 Å². The van der Waals surface area contributed by atoms with Crippen LogP contribution in [0.1, 0.15) is 23.9 Å². The van der Waals surface area contributed by atoms with Gasteiger partial charge in [-0.05, 0) is 43.0 Å². The number of hydrogen-bond acceptors (Lipinski definition) is 6. The number of carboxylic acids is 1. The van der Waals surface area contributed by atoms with Crippen LogP contribution in [-0.2, 0) is 22.4 Å². The molecule has 0 saturated heterocycles. The van der Waals surface area contributed by atoms with Gasteiger partial charge in [0.1, 0.15) is 11.5 Å². The lowest BCUT2D eigenvalue weighted by Crippen LogP contribution is -2.26. The topological polar surface area (TPSA) is 81.8 Å². The summed E-state index contributed by atoms with van der Waals surface area (Å²) in [5, 5.41) is 11.2.